The van der Waals surface area contributed by atoms with E-state index in [1.807, 2.05) is 6.92 Å². The molecule has 2 atom stereocenters. The number of aryl methyl sites for hydroxylation is 1. The lowest BCUT2D eigenvalue weighted by molar-refractivity contribution is -0.144. The van der Waals surface area contributed by atoms with Crippen molar-refractivity contribution in [3.05, 3.63) is 34.7 Å². The molecule has 1 aliphatic rings. The maximum absolute atomic E-state index is 13.1. The van der Waals surface area contributed by atoms with Gasteiger partial charge in [0, 0.05) is 17.4 Å². The van der Waals surface area contributed by atoms with Gasteiger partial charge in [0.1, 0.15) is 17.9 Å². The lowest BCUT2D eigenvalue weighted by Crippen LogP contribution is -2.47. The molecule has 0 bridgehead atoms. The molecule has 1 aromatic carbocycles. The smallest absolute Gasteiger partial charge is 0.417 e. The van der Waals surface area contributed by atoms with Gasteiger partial charge in [-0.1, -0.05) is 0 Å². The molecule has 4 rings (SSSR count). The van der Waals surface area contributed by atoms with Crippen molar-refractivity contribution < 1.29 is 32.2 Å². The molecule has 7 nitrogen and oxygen atoms in total. The Bertz CT molecular complexity index is 1180. The summed E-state index contributed by atoms with van der Waals surface area (Å²) in [6, 6.07) is 4.05. The molecule has 0 spiro atoms. The fourth-order valence-electron chi connectivity index (χ4n) is 3.78. The Labute approximate surface area is 191 Å². The van der Waals surface area contributed by atoms with E-state index in [2.05, 4.69) is 15.3 Å². The van der Waals surface area contributed by atoms with Crippen LogP contribution in [-0.4, -0.2) is 48.8 Å². The minimum absolute atomic E-state index is 0.132. The number of hydrogen-bond acceptors (Lipinski definition) is 8. The van der Waals surface area contributed by atoms with Gasteiger partial charge < -0.3 is 19.5 Å². The number of carbonyl (C=O) groups is 1. The van der Waals surface area contributed by atoms with Gasteiger partial charge in [-0.2, -0.15) is 18.2 Å². The molecule has 1 fully saturated rings. The van der Waals surface area contributed by atoms with Crippen LogP contribution in [-0.2, 0) is 15.7 Å². The number of thiophene rings is 1. The topological polar surface area (TPSA) is 82.6 Å². The lowest BCUT2D eigenvalue weighted by Gasteiger charge is -2.29. The number of piperidine rings is 1. The molecular formula is C22H22F3N3O4S. The number of ether oxygens (including phenoxy) is 3. The minimum atomic E-state index is -4.46. The van der Waals surface area contributed by atoms with Crippen LogP contribution in [0.5, 0.6) is 11.6 Å². The van der Waals surface area contributed by atoms with E-state index < -0.39 is 17.8 Å². The molecule has 11 heteroatoms. The van der Waals surface area contributed by atoms with Crippen molar-refractivity contribution >= 4 is 28.2 Å². The molecule has 3 heterocycles. The molecule has 1 saturated heterocycles. The van der Waals surface area contributed by atoms with Gasteiger partial charge in [0.25, 0.3) is 0 Å². The van der Waals surface area contributed by atoms with Crippen molar-refractivity contribution in [3.8, 4) is 22.3 Å². The number of benzene rings is 1. The Balaban J connectivity index is 1.77. The number of alkyl halides is 3. The molecule has 1 N–H and O–H groups in total. The molecule has 0 radical (unpaired) electrons. The largest absolute Gasteiger partial charge is 0.496 e. The number of hydrogen-bond donors (Lipinski definition) is 1. The Morgan fingerprint density at radius 3 is 2.70 bits per heavy atom. The summed E-state index contributed by atoms with van der Waals surface area (Å²) < 4.78 is 55.8. The number of carbonyl (C=O) groups excluding carboxylic acids is 1. The zero-order valence-electron chi connectivity index (χ0n) is 18.2. The second-order valence-electron chi connectivity index (χ2n) is 7.63. The van der Waals surface area contributed by atoms with Gasteiger partial charge >= 0.3 is 12.1 Å². The van der Waals surface area contributed by atoms with E-state index in [1.54, 1.807) is 12.1 Å². The van der Waals surface area contributed by atoms with E-state index in [4.69, 9.17) is 14.2 Å². The normalized spacial score (nSPS) is 18.8. The van der Waals surface area contributed by atoms with Crippen LogP contribution in [0.3, 0.4) is 0 Å². The first kappa shape index (κ1) is 23.2. The Morgan fingerprint density at radius 1 is 1.24 bits per heavy atom. The average molecular weight is 481 g/mol. The van der Waals surface area contributed by atoms with Crippen molar-refractivity contribution in [3.63, 3.8) is 0 Å². The quantitative estimate of drug-likeness (QED) is 0.542. The van der Waals surface area contributed by atoms with Crippen LogP contribution in [0.4, 0.5) is 13.2 Å². The van der Waals surface area contributed by atoms with Gasteiger partial charge in [-0.25, -0.2) is 4.98 Å². The number of halogens is 3. The first-order valence-electron chi connectivity index (χ1n) is 10.2. The van der Waals surface area contributed by atoms with Crippen LogP contribution < -0.4 is 14.8 Å². The van der Waals surface area contributed by atoms with E-state index in [9.17, 15) is 18.0 Å². The Hall–Kier alpha value is -2.92. The van der Waals surface area contributed by atoms with Gasteiger partial charge in [0.05, 0.1) is 35.6 Å². The number of nitrogens with one attached hydrogen (secondary N) is 1. The van der Waals surface area contributed by atoms with Gasteiger partial charge in [0.15, 0.2) is 5.82 Å². The first-order chi connectivity index (χ1) is 15.7. The third-order valence-electron chi connectivity index (χ3n) is 5.52. The molecule has 0 amide bonds. The standard InChI is InChI=1S/C22H22F3N3O4S/c1-11-16(30-2)5-4-14-18(11)27-19(17-8-12(10-33-17)22(23,24)25)28-20(14)32-13-6-7-26-15(9-13)21(29)31-3/h4-5,8,10,13,15,26H,6-7,9H2,1-3H3. The number of esters is 1. The van der Waals surface area contributed by atoms with Crippen LogP contribution in [0, 0.1) is 6.92 Å². The highest BCUT2D eigenvalue weighted by Crippen LogP contribution is 2.38. The molecule has 3 aromatic rings. The Kier molecular flexibility index (Phi) is 6.44. The second kappa shape index (κ2) is 9.14. The van der Waals surface area contributed by atoms with E-state index in [0.717, 1.165) is 22.8 Å². The van der Waals surface area contributed by atoms with E-state index >= 15 is 0 Å². The van der Waals surface area contributed by atoms with Crippen molar-refractivity contribution in [2.24, 2.45) is 0 Å². The zero-order valence-corrected chi connectivity index (χ0v) is 19.0. The van der Waals surface area contributed by atoms with Crippen molar-refractivity contribution in [1.29, 1.82) is 0 Å². The first-order valence-corrected chi connectivity index (χ1v) is 11.1. The molecule has 33 heavy (non-hydrogen) atoms. The lowest BCUT2D eigenvalue weighted by atomic mass is 10.0. The highest BCUT2D eigenvalue weighted by Gasteiger charge is 2.33. The third kappa shape index (κ3) is 4.74. The van der Waals surface area contributed by atoms with E-state index in [0.29, 0.717) is 41.6 Å². The maximum Gasteiger partial charge on any atom is 0.417 e. The molecule has 1 aliphatic heterocycles. The molecular weight excluding hydrogens is 459 g/mol. The fourth-order valence-corrected chi connectivity index (χ4v) is 4.63. The molecule has 2 aromatic heterocycles. The summed E-state index contributed by atoms with van der Waals surface area (Å²) >= 11 is 0.913. The number of methoxy groups -OCH3 is 2. The van der Waals surface area contributed by atoms with Crippen molar-refractivity contribution in [2.45, 2.75) is 38.1 Å². The predicted octanol–water partition coefficient (Wildman–Crippen LogP) is 4.37. The minimum Gasteiger partial charge on any atom is -0.496 e. The summed E-state index contributed by atoms with van der Waals surface area (Å²) in [5, 5.41) is 4.74. The van der Waals surface area contributed by atoms with Crippen LogP contribution in [0.1, 0.15) is 24.0 Å². The zero-order chi connectivity index (χ0) is 23.8. The highest BCUT2D eigenvalue weighted by molar-refractivity contribution is 7.13. The van der Waals surface area contributed by atoms with Crippen molar-refractivity contribution in [2.75, 3.05) is 20.8 Å². The molecule has 0 aliphatic carbocycles. The van der Waals surface area contributed by atoms with E-state index in [-0.39, 0.29) is 28.7 Å². The summed E-state index contributed by atoms with van der Waals surface area (Å²) in [5.41, 5.74) is 0.485. The van der Waals surface area contributed by atoms with Crippen molar-refractivity contribution in [1.82, 2.24) is 15.3 Å². The van der Waals surface area contributed by atoms with Gasteiger partial charge in [-0.15, -0.1) is 11.3 Å². The SMILES string of the molecule is COC(=O)C1CC(Oc2nc(-c3cc(C(F)(F)F)cs3)nc3c(C)c(OC)ccc23)CCN1. The average Bonchev–Trinajstić information content (AvgIpc) is 3.30. The monoisotopic (exact) mass is 481 g/mol. The number of fused-ring (bicyclic) bond motifs is 1. The number of nitrogens with zero attached hydrogens (tertiary/aromatic N) is 2. The summed E-state index contributed by atoms with van der Waals surface area (Å²) in [6.45, 7) is 2.36. The van der Waals surface area contributed by atoms with Crippen LogP contribution in [0.25, 0.3) is 21.6 Å². The maximum atomic E-state index is 13.1. The van der Waals surface area contributed by atoms with Gasteiger partial charge in [-0.3, -0.25) is 4.79 Å². The third-order valence-corrected chi connectivity index (χ3v) is 6.45. The summed E-state index contributed by atoms with van der Waals surface area (Å²) in [7, 11) is 2.86. The van der Waals surface area contributed by atoms with E-state index in [1.165, 1.54) is 14.2 Å². The second-order valence-corrected chi connectivity index (χ2v) is 8.54. The van der Waals surface area contributed by atoms with Crippen LogP contribution in [0.15, 0.2) is 23.6 Å². The van der Waals surface area contributed by atoms with Gasteiger partial charge in [-0.05, 0) is 38.1 Å². The van der Waals surface area contributed by atoms with Gasteiger partial charge in [0.2, 0.25) is 5.88 Å². The predicted molar refractivity (Wildman–Crippen MR) is 117 cm³/mol. The number of rotatable bonds is 5. The summed E-state index contributed by atoms with van der Waals surface area (Å²) in [6.07, 6.45) is -3.79. The molecule has 176 valence electrons. The highest BCUT2D eigenvalue weighted by atomic mass is 32.1. The molecule has 2 unspecified atom stereocenters. The van der Waals surface area contributed by atoms with Crippen LogP contribution >= 0.6 is 11.3 Å². The number of aromatic nitrogens is 2. The summed E-state index contributed by atoms with van der Waals surface area (Å²) in [4.78, 5) is 21.2. The molecule has 0 saturated carbocycles. The fraction of sp³-hybridized carbons (Fsp3) is 0.409. The summed E-state index contributed by atoms with van der Waals surface area (Å²) in [5.74, 6) is 0.592. The Morgan fingerprint density at radius 2 is 2.03 bits per heavy atom. The van der Waals surface area contributed by atoms with Crippen LogP contribution in [0.2, 0.25) is 0 Å².